The van der Waals surface area contributed by atoms with Gasteiger partial charge in [0.05, 0.1) is 13.7 Å². The van der Waals surface area contributed by atoms with E-state index < -0.39 is 11.8 Å². The van der Waals surface area contributed by atoms with Gasteiger partial charge in [0.25, 0.3) is 5.91 Å². The summed E-state index contributed by atoms with van der Waals surface area (Å²) in [6.45, 7) is 1.86. The lowest BCUT2D eigenvalue weighted by molar-refractivity contribution is -0.136. The highest BCUT2D eigenvalue weighted by Gasteiger charge is 2.53. The van der Waals surface area contributed by atoms with Gasteiger partial charge in [-0.25, -0.2) is 0 Å². The van der Waals surface area contributed by atoms with E-state index in [-0.39, 0.29) is 11.8 Å². The molecule has 3 aliphatic rings. The van der Waals surface area contributed by atoms with Gasteiger partial charge in [-0.3, -0.25) is 14.5 Å². The number of carbonyl (C=O) groups is 2. The average molecular weight is 372 g/mol. The van der Waals surface area contributed by atoms with Gasteiger partial charge in [-0.15, -0.1) is 0 Å². The third-order valence-electron chi connectivity index (χ3n) is 6.13. The van der Waals surface area contributed by atoms with Crippen LogP contribution in [0.5, 0.6) is 5.75 Å². The van der Waals surface area contributed by atoms with Gasteiger partial charge >= 0.3 is 0 Å². The highest BCUT2D eigenvalue weighted by molar-refractivity contribution is 5.98. The predicted octanol–water partition coefficient (Wildman–Crippen LogP) is 2.82. The number of hydrogen-bond donors (Lipinski definition) is 0. The van der Waals surface area contributed by atoms with Crippen LogP contribution < -0.4 is 4.74 Å². The van der Waals surface area contributed by atoms with E-state index in [4.69, 9.17) is 9.47 Å². The predicted molar refractivity (Wildman–Crippen MR) is 101 cm³/mol. The van der Waals surface area contributed by atoms with Crippen molar-refractivity contribution in [2.45, 2.75) is 56.7 Å². The molecule has 0 aromatic heterocycles. The second-order valence-corrected chi connectivity index (χ2v) is 7.77. The van der Waals surface area contributed by atoms with Crippen molar-refractivity contribution >= 4 is 11.8 Å². The number of hydrogen-bond acceptors (Lipinski definition) is 4. The summed E-state index contributed by atoms with van der Waals surface area (Å²) in [4.78, 5) is 30.4. The maximum absolute atomic E-state index is 13.5. The molecule has 146 valence electrons. The number of methoxy groups -OCH3 is 1. The molecule has 1 saturated carbocycles. The van der Waals surface area contributed by atoms with E-state index in [1.807, 2.05) is 17.0 Å². The molecule has 1 atom stereocenters. The Morgan fingerprint density at radius 2 is 1.85 bits per heavy atom. The van der Waals surface area contributed by atoms with Crippen molar-refractivity contribution in [2.24, 2.45) is 0 Å². The first-order valence-electron chi connectivity index (χ1n) is 10.1. The zero-order chi connectivity index (χ0) is 18.9. The molecule has 2 amide bonds. The second kappa shape index (κ2) is 7.50. The molecule has 2 heterocycles. The van der Waals surface area contributed by atoms with Gasteiger partial charge in [0.2, 0.25) is 5.91 Å². The molecule has 4 rings (SSSR count). The van der Waals surface area contributed by atoms with Crippen molar-refractivity contribution in [3.8, 4) is 5.75 Å². The topological polar surface area (TPSA) is 59.1 Å². The minimum atomic E-state index is -0.640. The standard InChI is InChI=1S/C21H28N2O4/c1-26-17-9-7-8-16(14-17)19(24)23-18(20(25)22-12-5-6-13-22)15-27-21(23)10-3-2-4-11-21/h7-9,14,18H,2-6,10-13,15H2,1H3. The molecule has 27 heavy (non-hydrogen) atoms. The van der Waals surface area contributed by atoms with Gasteiger partial charge in [-0.1, -0.05) is 12.5 Å². The minimum Gasteiger partial charge on any atom is -0.497 e. The summed E-state index contributed by atoms with van der Waals surface area (Å²) in [7, 11) is 1.59. The van der Waals surface area contributed by atoms with Crippen LogP contribution in [0.4, 0.5) is 0 Å². The first-order chi connectivity index (χ1) is 13.1. The van der Waals surface area contributed by atoms with Crippen molar-refractivity contribution in [2.75, 3.05) is 26.8 Å². The number of carbonyl (C=O) groups excluding carboxylic acids is 2. The largest absolute Gasteiger partial charge is 0.497 e. The molecule has 6 heteroatoms. The summed E-state index contributed by atoms with van der Waals surface area (Å²) >= 11 is 0. The fourth-order valence-corrected chi connectivity index (χ4v) is 4.70. The molecule has 0 N–H and O–H groups in total. The minimum absolute atomic E-state index is 0.0335. The van der Waals surface area contributed by atoms with Crippen LogP contribution in [0.2, 0.25) is 0 Å². The molecule has 0 bridgehead atoms. The van der Waals surface area contributed by atoms with Crippen LogP contribution in [0, 0.1) is 0 Å². The van der Waals surface area contributed by atoms with E-state index in [2.05, 4.69) is 0 Å². The quantitative estimate of drug-likeness (QED) is 0.819. The zero-order valence-electron chi connectivity index (χ0n) is 16.0. The van der Waals surface area contributed by atoms with Crippen LogP contribution in [0.1, 0.15) is 55.3 Å². The SMILES string of the molecule is COc1cccc(C(=O)N2C(C(=O)N3CCCC3)COC23CCCCC3)c1. The van der Waals surface area contributed by atoms with Crippen molar-refractivity contribution in [1.82, 2.24) is 9.80 Å². The van der Waals surface area contributed by atoms with E-state index in [9.17, 15) is 9.59 Å². The normalized spacial score (nSPS) is 24.4. The van der Waals surface area contributed by atoms with Crippen LogP contribution in [0.3, 0.4) is 0 Å². The summed E-state index contributed by atoms with van der Waals surface area (Å²) in [5.41, 5.74) is -0.0950. The summed E-state index contributed by atoms with van der Waals surface area (Å²) in [6, 6.07) is 6.64. The fraction of sp³-hybridized carbons (Fsp3) is 0.619. The number of nitrogens with zero attached hydrogens (tertiary/aromatic N) is 2. The molecule has 1 unspecified atom stereocenters. The van der Waals surface area contributed by atoms with Crippen LogP contribution in [0.25, 0.3) is 0 Å². The van der Waals surface area contributed by atoms with Crippen molar-refractivity contribution in [3.63, 3.8) is 0 Å². The maximum Gasteiger partial charge on any atom is 0.257 e. The Balaban J connectivity index is 1.67. The Morgan fingerprint density at radius 3 is 2.56 bits per heavy atom. The lowest BCUT2D eigenvalue weighted by atomic mass is 9.89. The highest BCUT2D eigenvalue weighted by Crippen LogP contribution is 2.42. The summed E-state index contributed by atoms with van der Waals surface area (Å²) in [6.07, 6.45) is 6.86. The number of rotatable bonds is 3. The summed E-state index contributed by atoms with van der Waals surface area (Å²) in [5, 5.41) is 0. The highest BCUT2D eigenvalue weighted by atomic mass is 16.5. The summed E-state index contributed by atoms with van der Waals surface area (Å²) in [5.74, 6) is 0.540. The number of likely N-dealkylation sites (tertiary alicyclic amines) is 1. The molecule has 1 aliphatic carbocycles. The number of ether oxygens (including phenoxy) is 2. The molecule has 0 radical (unpaired) electrons. The van der Waals surface area contributed by atoms with Crippen molar-refractivity contribution in [3.05, 3.63) is 29.8 Å². The van der Waals surface area contributed by atoms with Gasteiger partial charge in [-0.2, -0.15) is 0 Å². The number of amides is 2. The Bertz CT molecular complexity index is 708. The van der Waals surface area contributed by atoms with E-state index in [1.165, 1.54) is 0 Å². The van der Waals surface area contributed by atoms with Crippen LogP contribution in [-0.4, -0.2) is 60.2 Å². The van der Waals surface area contributed by atoms with Gasteiger partial charge in [0, 0.05) is 18.7 Å². The molecular weight excluding hydrogens is 344 g/mol. The van der Waals surface area contributed by atoms with E-state index in [0.717, 1.165) is 58.0 Å². The molecule has 1 aromatic carbocycles. The Labute approximate surface area is 160 Å². The molecule has 1 spiro atoms. The van der Waals surface area contributed by atoms with Gasteiger partial charge in [-0.05, 0) is 56.7 Å². The van der Waals surface area contributed by atoms with E-state index in [1.54, 1.807) is 24.1 Å². The molecule has 3 fully saturated rings. The van der Waals surface area contributed by atoms with Crippen molar-refractivity contribution < 1.29 is 19.1 Å². The monoisotopic (exact) mass is 372 g/mol. The maximum atomic E-state index is 13.5. The third kappa shape index (κ3) is 3.31. The van der Waals surface area contributed by atoms with Gasteiger partial charge < -0.3 is 14.4 Å². The van der Waals surface area contributed by atoms with Crippen LogP contribution in [0.15, 0.2) is 24.3 Å². The first kappa shape index (κ1) is 18.3. The smallest absolute Gasteiger partial charge is 0.257 e. The lowest BCUT2D eigenvalue weighted by Gasteiger charge is -2.42. The lowest BCUT2D eigenvalue weighted by Crippen LogP contribution is -2.56. The first-order valence-corrected chi connectivity index (χ1v) is 10.1. The van der Waals surface area contributed by atoms with Crippen LogP contribution in [-0.2, 0) is 9.53 Å². The van der Waals surface area contributed by atoms with Gasteiger partial charge in [0.15, 0.2) is 0 Å². The van der Waals surface area contributed by atoms with E-state index in [0.29, 0.717) is 17.9 Å². The molecule has 1 aromatic rings. The van der Waals surface area contributed by atoms with Crippen LogP contribution >= 0.6 is 0 Å². The fourth-order valence-electron chi connectivity index (χ4n) is 4.70. The number of benzene rings is 1. The summed E-state index contributed by atoms with van der Waals surface area (Å²) < 4.78 is 11.5. The second-order valence-electron chi connectivity index (χ2n) is 7.77. The average Bonchev–Trinajstić information content (AvgIpc) is 3.36. The van der Waals surface area contributed by atoms with Gasteiger partial charge in [0.1, 0.15) is 17.5 Å². The molecular formula is C21H28N2O4. The Morgan fingerprint density at radius 1 is 1.11 bits per heavy atom. The Kier molecular flexibility index (Phi) is 5.08. The van der Waals surface area contributed by atoms with E-state index >= 15 is 0 Å². The third-order valence-corrected chi connectivity index (χ3v) is 6.13. The molecule has 2 aliphatic heterocycles. The molecule has 2 saturated heterocycles. The van der Waals surface area contributed by atoms with Crippen molar-refractivity contribution in [1.29, 1.82) is 0 Å². The molecule has 6 nitrogen and oxygen atoms in total. The Hall–Kier alpha value is -2.08. The zero-order valence-corrected chi connectivity index (χ0v) is 16.0.